The predicted molar refractivity (Wildman–Crippen MR) is 210 cm³/mol. The number of benzene rings is 6. The number of fused-ring (bicyclic) bond motifs is 6. The Labute approximate surface area is 288 Å². The minimum Gasteiger partial charge on any atom is -0.399 e. The van der Waals surface area contributed by atoms with E-state index in [1.807, 2.05) is 12.1 Å². The fourth-order valence-corrected chi connectivity index (χ4v) is 7.41. The lowest BCUT2D eigenvalue weighted by Crippen LogP contribution is -2.00. The Balaban J connectivity index is 0.000000829. The Morgan fingerprint density at radius 2 is 1.35 bits per heavy atom. The summed E-state index contributed by atoms with van der Waals surface area (Å²) in [5.74, 6) is 0.334. The van der Waals surface area contributed by atoms with Crippen molar-refractivity contribution in [2.45, 2.75) is 18.8 Å². The topological polar surface area (TPSA) is 30.9 Å². The first kappa shape index (κ1) is 30.2. The number of nitrogens with two attached hydrogens (primary N) is 1. The van der Waals surface area contributed by atoms with Crippen LogP contribution in [0.2, 0.25) is 0 Å². The van der Waals surface area contributed by atoms with Gasteiger partial charge < -0.3 is 10.3 Å². The lowest BCUT2D eigenvalue weighted by Gasteiger charge is -2.18. The maximum absolute atomic E-state index is 5.93. The number of para-hydroxylation sites is 2. The number of allylic oxidation sites excluding steroid dienone is 6. The van der Waals surface area contributed by atoms with E-state index in [9.17, 15) is 0 Å². The summed E-state index contributed by atoms with van der Waals surface area (Å²) in [5.41, 5.74) is 22.3. The van der Waals surface area contributed by atoms with E-state index in [1.54, 1.807) is 12.2 Å². The summed E-state index contributed by atoms with van der Waals surface area (Å²) < 4.78 is 2.39. The highest BCUT2D eigenvalue weighted by Crippen LogP contribution is 2.42. The fraction of sp³-hybridized carbons (Fsp3) is 0.0638. The first-order valence-electron chi connectivity index (χ1n) is 16.9. The van der Waals surface area contributed by atoms with E-state index in [-0.39, 0.29) is 0 Å². The van der Waals surface area contributed by atoms with E-state index in [0.29, 0.717) is 5.92 Å². The molecule has 236 valence electrons. The molecule has 0 saturated carbocycles. The molecule has 2 heteroatoms. The third-order valence-electron chi connectivity index (χ3n) is 9.84. The van der Waals surface area contributed by atoms with Gasteiger partial charge in [-0.2, -0.15) is 0 Å². The highest BCUT2D eigenvalue weighted by Gasteiger charge is 2.21. The van der Waals surface area contributed by atoms with Gasteiger partial charge in [-0.3, -0.25) is 0 Å². The van der Waals surface area contributed by atoms with Crippen molar-refractivity contribution in [3.63, 3.8) is 0 Å². The summed E-state index contributed by atoms with van der Waals surface area (Å²) in [6.07, 6.45) is 12.4. The van der Waals surface area contributed by atoms with Gasteiger partial charge in [-0.15, -0.1) is 0 Å². The zero-order chi connectivity index (χ0) is 33.3. The second-order valence-electron chi connectivity index (χ2n) is 12.8. The molecule has 6 aromatic carbocycles. The van der Waals surface area contributed by atoms with Crippen molar-refractivity contribution < 1.29 is 0 Å². The standard InChI is InChI=1S/C43H32N2.C4H6/c44-36-19-15-28(16-20-36)32-13-14-34-25-35-24-31(17-21-38(35)40(34)26-32)29-7-6-8-30(23-29)33-18-22-43-41(27-33)39-11-4-5-12-42(39)45(43)37-9-2-1-3-10-37;1-3-4-2/h1-7,9-24,26-27,30H,8,25,44H2;3-4H,1-2H2. The Hall–Kier alpha value is -6.12. The lowest BCUT2D eigenvalue weighted by atomic mass is 9.86. The molecule has 1 heterocycles. The number of aromatic nitrogens is 1. The SMILES string of the molecule is C=CC=C.Nc1ccc(-c2ccc3c(c2)-c2ccc(C4=CC(c5ccc6c(c5)c5ccccc5n6-c5ccccc5)CC=C4)cc2C3)cc1. The van der Waals surface area contributed by atoms with Gasteiger partial charge in [0.1, 0.15) is 0 Å². The molecule has 1 aromatic heterocycles. The molecule has 2 N–H and O–H groups in total. The van der Waals surface area contributed by atoms with Gasteiger partial charge in [0.2, 0.25) is 0 Å². The summed E-state index contributed by atoms with van der Waals surface area (Å²) in [7, 11) is 0. The number of rotatable bonds is 5. The maximum Gasteiger partial charge on any atom is 0.0541 e. The van der Waals surface area contributed by atoms with E-state index in [1.165, 1.54) is 77.6 Å². The zero-order valence-electron chi connectivity index (χ0n) is 27.5. The number of hydrogen-bond donors (Lipinski definition) is 1. The highest BCUT2D eigenvalue weighted by atomic mass is 15.0. The lowest BCUT2D eigenvalue weighted by molar-refractivity contribution is 0.859. The first-order valence-corrected chi connectivity index (χ1v) is 16.9. The molecule has 49 heavy (non-hydrogen) atoms. The van der Waals surface area contributed by atoms with Crippen LogP contribution < -0.4 is 5.73 Å². The van der Waals surface area contributed by atoms with Crippen LogP contribution in [0.3, 0.4) is 0 Å². The van der Waals surface area contributed by atoms with Gasteiger partial charge in [-0.1, -0.05) is 128 Å². The second-order valence-corrected chi connectivity index (χ2v) is 12.8. The number of hydrogen-bond acceptors (Lipinski definition) is 1. The Morgan fingerprint density at radius 1 is 0.612 bits per heavy atom. The third kappa shape index (κ3) is 5.62. The number of anilines is 1. The van der Waals surface area contributed by atoms with Gasteiger partial charge in [0, 0.05) is 28.1 Å². The van der Waals surface area contributed by atoms with E-state index >= 15 is 0 Å². The van der Waals surface area contributed by atoms with Crippen LogP contribution in [0.4, 0.5) is 5.69 Å². The molecule has 0 radical (unpaired) electrons. The van der Waals surface area contributed by atoms with Crippen LogP contribution in [-0.4, -0.2) is 4.57 Å². The van der Waals surface area contributed by atoms with Crippen molar-refractivity contribution in [2.24, 2.45) is 0 Å². The maximum atomic E-state index is 5.93. The molecule has 0 fully saturated rings. The van der Waals surface area contributed by atoms with Crippen molar-refractivity contribution >= 4 is 33.1 Å². The summed E-state index contributed by atoms with van der Waals surface area (Å²) >= 11 is 0. The van der Waals surface area contributed by atoms with Crippen LogP contribution in [-0.2, 0) is 6.42 Å². The Kier molecular flexibility index (Phi) is 7.91. The van der Waals surface area contributed by atoms with Gasteiger partial charge in [0.25, 0.3) is 0 Å². The van der Waals surface area contributed by atoms with Crippen molar-refractivity contribution in [3.05, 3.63) is 199 Å². The molecular weight excluding hydrogens is 593 g/mol. The van der Waals surface area contributed by atoms with E-state index < -0.39 is 0 Å². The average Bonchev–Trinajstić information content (AvgIpc) is 3.70. The molecule has 2 aliphatic carbocycles. The molecule has 0 spiro atoms. The monoisotopic (exact) mass is 630 g/mol. The zero-order valence-corrected chi connectivity index (χ0v) is 27.5. The number of nitrogen functional groups attached to an aromatic ring is 1. The van der Waals surface area contributed by atoms with Crippen molar-refractivity contribution in [1.82, 2.24) is 4.57 Å². The molecule has 0 saturated heterocycles. The molecule has 9 rings (SSSR count). The molecule has 1 atom stereocenters. The van der Waals surface area contributed by atoms with Crippen LogP contribution in [0.5, 0.6) is 0 Å². The minimum absolute atomic E-state index is 0.334. The first-order chi connectivity index (χ1) is 24.1. The fourth-order valence-electron chi connectivity index (χ4n) is 7.41. The Morgan fingerprint density at radius 3 is 2.16 bits per heavy atom. The van der Waals surface area contributed by atoms with Gasteiger partial charge in [0.15, 0.2) is 0 Å². The van der Waals surface area contributed by atoms with Gasteiger partial charge in [0.05, 0.1) is 11.0 Å². The van der Waals surface area contributed by atoms with Crippen molar-refractivity contribution in [1.29, 1.82) is 0 Å². The molecular formula is C47H38N2. The number of nitrogens with zero attached hydrogens (tertiary/aromatic N) is 1. The van der Waals surface area contributed by atoms with Gasteiger partial charge in [-0.25, -0.2) is 0 Å². The van der Waals surface area contributed by atoms with Crippen LogP contribution >= 0.6 is 0 Å². The molecule has 2 aliphatic rings. The molecule has 7 aromatic rings. The largest absolute Gasteiger partial charge is 0.399 e. The molecule has 0 amide bonds. The molecule has 0 aliphatic heterocycles. The van der Waals surface area contributed by atoms with Crippen molar-refractivity contribution in [2.75, 3.05) is 5.73 Å². The highest BCUT2D eigenvalue weighted by molar-refractivity contribution is 6.09. The van der Waals surface area contributed by atoms with Gasteiger partial charge in [-0.05, 0) is 111 Å². The third-order valence-corrected chi connectivity index (χ3v) is 9.84. The summed E-state index contributed by atoms with van der Waals surface area (Å²) in [6.45, 7) is 6.72. The smallest absolute Gasteiger partial charge is 0.0541 e. The molecule has 0 bridgehead atoms. The minimum atomic E-state index is 0.334. The normalized spacial score (nSPS) is 14.4. The molecule has 1 unspecified atom stereocenters. The summed E-state index contributed by atoms with van der Waals surface area (Å²) in [4.78, 5) is 0. The van der Waals surface area contributed by atoms with Crippen LogP contribution in [0.1, 0.15) is 34.6 Å². The average molecular weight is 631 g/mol. The van der Waals surface area contributed by atoms with E-state index in [0.717, 1.165) is 18.5 Å². The summed E-state index contributed by atoms with van der Waals surface area (Å²) in [5, 5.41) is 2.61. The van der Waals surface area contributed by atoms with Crippen LogP contribution in [0.25, 0.3) is 55.3 Å². The van der Waals surface area contributed by atoms with Crippen molar-refractivity contribution in [3.8, 4) is 27.9 Å². The second kappa shape index (κ2) is 12.8. The van der Waals surface area contributed by atoms with Crippen LogP contribution in [0.15, 0.2) is 177 Å². The van der Waals surface area contributed by atoms with Gasteiger partial charge >= 0.3 is 0 Å². The van der Waals surface area contributed by atoms with Crippen LogP contribution in [0, 0.1) is 0 Å². The van der Waals surface area contributed by atoms with E-state index in [4.69, 9.17) is 5.73 Å². The summed E-state index contributed by atoms with van der Waals surface area (Å²) in [6, 6.07) is 48.6. The van der Waals surface area contributed by atoms with E-state index in [2.05, 4.69) is 157 Å². The predicted octanol–water partition coefficient (Wildman–Crippen LogP) is 12.1. The quantitative estimate of drug-likeness (QED) is 0.149. The molecule has 2 nitrogen and oxygen atoms in total. The Bertz CT molecular complexity index is 2410.